The second-order valence-electron chi connectivity index (χ2n) is 7.89. The van der Waals surface area contributed by atoms with Gasteiger partial charge < -0.3 is 14.2 Å². The fraction of sp³-hybridized carbons (Fsp3) is 0.333. The van der Waals surface area contributed by atoms with E-state index in [2.05, 4.69) is 4.98 Å². The highest BCUT2D eigenvalue weighted by Gasteiger charge is 2.51. The topological polar surface area (TPSA) is 47.4 Å². The number of hydrogen-bond donors (Lipinski definition) is 0. The lowest BCUT2D eigenvalue weighted by Crippen LogP contribution is -2.53. The van der Waals surface area contributed by atoms with Gasteiger partial charge in [-0.1, -0.05) is 60.7 Å². The number of halogens is 3. The lowest BCUT2D eigenvalue weighted by molar-refractivity contribution is -0.208. The summed E-state index contributed by atoms with van der Waals surface area (Å²) in [6.45, 7) is -1.02. The maximum absolute atomic E-state index is 13.4. The molecule has 3 aromatic rings. The van der Waals surface area contributed by atoms with Gasteiger partial charge in [-0.3, -0.25) is 4.79 Å². The maximum Gasteiger partial charge on any atom is 0.411 e. The molecule has 5 nitrogen and oxygen atoms in total. The van der Waals surface area contributed by atoms with Crippen LogP contribution in [0.25, 0.3) is 0 Å². The van der Waals surface area contributed by atoms with Crippen LogP contribution < -0.4 is 0 Å². The van der Waals surface area contributed by atoms with Crippen molar-refractivity contribution in [3.63, 3.8) is 0 Å². The summed E-state index contributed by atoms with van der Waals surface area (Å²) >= 11 is 0. The zero-order valence-electron chi connectivity index (χ0n) is 17.6. The van der Waals surface area contributed by atoms with E-state index in [1.807, 2.05) is 0 Å². The summed E-state index contributed by atoms with van der Waals surface area (Å²) in [5.74, 6) is -0.0883. The van der Waals surface area contributed by atoms with Crippen LogP contribution in [0, 0.1) is 0 Å². The summed E-state index contributed by atoms with van der Waals surface area (Å²) in [5.41, 5.74) is -0.352. The van der Waals surface area contributed by atoms with E-state index in [9.17, 15) is 18.0 Å². The number of aromatic nitrogens is 2. The van der Waals surface area contributed by atoms with Gasteiger partial charge in [-0.25, -0.2) is 4.98 Å². The van der Waals surface area contributed by atoms with Crippen molar-refractivity contribution in [3.05, 3.63) is 90.0 Å². The quantitative estimate of drug-likeness (QED) is 0.562. The monoisotopic (exact) mass is 443 g/mol. The normalized spacial score (nSPS) is 17.0. The Morgan fingerprint density at radius 3 is 2.16 bits per heavy atom. The fourth-order valence-electron chi connectivity index (χ4n) is 4.51. The minimum atomic E-state index is -4.53. The van der Waals surface area contributed by atoms with Gasteiger partial charge in [0.1, 0.15) is 12.2 Å². The van der Waals surface area contributed by atoms with Gasteiger partial charge in [0.15, 0.2) is 5.82 Å². The van der Waals surface area contributed by atoms with Crippen LogP contribution in [0.4, 0.5) is 13.2 Å². The van der Waals surface area contributed by atoms with Gasteiger partial charge >= 0.3 is 6.18 Å². The molecule has 0 unspecified atom stereocenters. The first-order valence-corrected chi connectivity index (χ1v) is 10.4. The lowest BCUT2D eigenvalue weighted by Gasteiger charge is -2.44. The molecule has 1 fully saturated rings. The molecular formula is C24H24F3N3O2. The summed E-state index contributed by atoms with van der Waals surface area (Å²) < 4.78 is 47.7. The largest absolute Gasteiger partial charge is 0.411 e. The van der Waals surface area contributed by atoms with Crippen molar-refractivity contribution in [2.75, 3.05) is 13.2 Å². The van der Waals surface area contributed by atoms with Crippen molar-refractivity contribution >= 4 is 5.91 Å². The Morgan fingerprint density at radius 1 is 1.06 bits per heavy atom. The number of nitrogens with zero attached hydrogens (tertiary/aromatic N) is 3. The maximum atomic E-state index is 13.4. The molecule has 2 heterocycles. The molecule has 0 aliphatic carbocycles. The number of benzene rings is 2. The number of rotatable bonds is 6. The van der Waals surface area contributed by atoms with E-state index < -0.39 is 24.4 Å². The molecule has 1 aromatic heterocycles. The predicted molar refractivity (Wildman–Crippen MR) is 113 cm³/mol. The Labute approximate surface area is 184 Å². The standard InChI is InChI=1S/C24H24F3N3O2/c1-29-16-14-28-21(29)22(31)30-15-8-13-20(30)24(32-17-23(25,26)27,18-9-4-2-5-10-18)19-11-6-3-7-12-19/h2-7,9-12,14,16,20H,8,13,15,17H2,1H3/t20-/m0/s1. The first-order valence-electron chi connectivity index (χ1n) is 10.4. The van der Waals surface area contributed by atoms with Crippen LogP contribution in [-0.2, 0) is 17.4 Å². The number of aryl methyl sites for hydroxylation is 1. The summed E-state index contributed by atoms with van der Waals surface area (Å²) in [6, 6.07) is 17.1. The van der Waals surface area contributed by atoms with E-state index in [0.29, 0.717) is 30.5 Å². The van der Waals surface area contributed by atoms with Crippen LogP contribution in [0.3, 0.4) is 0 Å². The molecule has 0 saturated carbocycles. The molecule has 0 N–H and O–H groups in total. The van der Waals surface area contributed by atoms with Crippen LogP contribution in [-0.4, -0.2) is 45.7 Å². The van der Waals surface area contributed by atoms with Crippen LogP contribution >= 0.6 is 0 Å². The van der Waals surface area contributed by atoms with Crippen molar-refractivity contribution in [2.45, 2.75) is 30.7 Å². The summed E-state index contributed by atoms with van der Waals surface area (Å²) in [5, 5.41) is 0. The lowest BCUT2D eigenvalue weighted by atomic mass is 9.78. The molecule has 1 aliphatic rings. The number of alkyl halides is 3. The minimum Gasteiger partial charge on any atom is -0.354 e. The van der Waals surface area contributed by atoms with Gasteiger partial charge in [0, 0.05) is 26.0 Å². The molecule has 0 spiro atoms. The second-order valence-corrected chi connectivity index (χ2v) is 7.89. The second kappa shape index (κ2) is 8.78. The van der Waals surface area contributed by atoms with Gasteiger partial charge in [0.2, 0.25) is 0 Å². The Hall–Kier alpha value is -3.13. The summed E-state index contributed by atoms with van der Waals surface area (Å²) in [6.07, 6.45) is -0.183. The van der Waals surface area contributed by atoms with Gasteiger partial charge in [-0.2, -0.15) is 13.2 Å². The average Bonchev–Trinajstić information content (AvgIpc) is 3.44. The van der Waals surface area contributed by atoms with Crippen LogP contribution in [0.5, 0.6) is 0 Å². The van der Waals surface area contributed by atoms with E-state index in [0.717, 1.165) is 0 Å². The molecule has 1 saturated heterocycles. The smallest absolute Gasteiger partial charge is 0.354 e. The molecule has 0 radical (unpaired) electrons. The third-order valence-corrected chi connectivity index (χ3v) is 5.86. The van der Waals surface area contributed by atoms with E-state index in [1.54, 1.807) is 83.4 Å². The third kappa shape index (κ3) is 4.14. The van der Waals surface area contributed by atoms with Gasteiger partial charge in [0.05, 0.1) is 6.04 Å². The van der Waals surface area contributed by atoms with Gasteiger partial charge in [-0.05, 0) is 24.0 Å². The molecule has 1 atom stereocenters. The number of carbonyl (C=O) groups excluding carboxylic acids is 1. The Bertz CT molecular complexity index is 1010. The number of ether oxygens (including phenoxy) is 1. The van der Waals surface area contributed by atoms with Crippen LogP contribution in [0.15, 0.2) is 73.1 Å². The SMILES string of the molecule is Cn1ccnc1C(=O)N1CCC[C@H]1C(OCC(F)(F)F)(c1ccccc1)c1ccccc1. The van der Waals surface area contributed by atoms with Crippen molar-refractivity contribution in [1.29, 1.82) is 0 Å². The number of likely N-dealkylation sites (tertiary alicyclic amines) is 1. The Kier molecular flexibility index (Phi) is 6.06. The van der Waals surface area contributed by atoms with Crippen molar-refractivity contribution in [3.8, 4) is 0 Å². The molecular weight excluding hydrogens is 419 g/mol. The summed E-state index contributed by atoms with van der Waals surface area (Å²) in [4.78, 5) is 19.2. The van der Waals surface area contributed by atoms with Crippen LogP contribution in [0.2, 0.25) is 0 Å². The van der Waals surface area contributed by atoms with E-state index in [4.69, 9.17) is 4.74 Å². The zero-order valence-corrected chi connectivity index (χ0v) is 17.6. The van der Waals surface area contributed by atoms with Crippen molar-refractivity contribution in [1.82, 2.24) is 14.5 Å². The number of carbonyl (C=O) groups is 1. The zero-order chi connectivity index (χ0) is 22.8. The average molecular weight is 443 g/mol. The van der Waals surface area contributed by atoms with E-state index in [1.165, 1.54) is 6.20 Å². The number of imidazole rings is 1. The van der Waals surface area contributed by atoms with E-state index in [-0.39, 0.29) is 11.7 Å². The highest BCUT2D eigenvalue weighted by Crippen LogP contribution is 2.44. The predicted octanol–water partition coefficient (Wildman–Crippen LogP) is 4.55. The molecule has 1 amide bonds. The Balaban J connectivity index is 1.87. The molecule has 168 valence electrons. The Morgan fingerprint density at radius 2 is 1.66 bits per heavy atom. The fourth-order valence-corrected chi connectivity index (χ4v) is 4.51. The first kappa shape index (κ1) is 22.1. The minimum absolute atomic E-state index is 0.239. The van der Waals surface area contributed by atoms with E-state index >= 15 is 0 Å². The van der Waals surface area contributed by atoms with Crippen molar-refractivity contribution in [2.24, 2.45) is 7.05 Å². The molecule has 32 heavy (non-hydrogen) atoms. The molecule has 1 aliphatic heterocycles. The molecule has 4 rings (SSSR count). The van der Waals surface area contributed by atoms with Crippen molar-refractivity contribution < 1.29 is 22.7 Å². The number of hydrogen-bond acceptors (Lipinski definition) is 3. The molecule has 8 heteroatoms. The highest BCUT2D eigenvalue weighted by molar-refractivity contribution is 5.91. The van der Waals surface area contributed by atoms with Gasteiger partial charge in [0.25, 0.3) is 5.91 Å². The third-order valence-electron chi connectivity index (χ3n) is 5.86. The van der Waals surface area contributed by atoms with Gasteiger partial charge in [-0.15, -0.1) is 0 Å². The summed E-state index contributed by atoms with van der Waals surface area (Å²) in [7, 11) is 1.72. The highest BCUT2D eigenvalue weighted by atomic mass is 19.4. The van der Waals surface area contributed by atoms with Crippen LogP contribution in [0.1, 0.15) is 34.6 Å². The number of amides is 1. The first-order chi connectivity index (χ1) is 15.3. The molecule has 2 aromatic carbocycles. The molecule has 0 bridgehead atoms.